The van der Waals surface area contributed by atoms with Crippen LogP contribution >= 0.6 is 0 Å². The topological polar surface area (TPSA) is 24.4 Å². The maximum Gasteiger partial charge on any atom is 0.144 e. The van der Waals surface area contributed by atoms with E-state index in [1.807, 2.05) is 36.5 Å². The van der Waals surface area contributed by atoms with Gasteiger partial charge in [0.1, 0.15) is 8.24 Å². The average molecular weight is 296 g/mol. The molecule has 0 aliphatic rings. The van der Waals surface area contributed by atoms with Crippen molar-refractivity contribution in [3.63, 3.8) is 0 Å². The third-order valence-corrected chi connectivity index (χ3v) is 4.12. The molecule has 0 radical (unpaired) electrons. The van der Waals surface area contributed by atoms with Gasteiger partial charge in [0, 0.05) is 17.5 Å². The van der Waals surface area contributed by atoms with E-state index in [1.54, 1.807) is 0 Å². The zero-order valence-electron chi connectivity index (χ0n) is 13.6. The van der Waals surface area contributed by atoms with Crippen molar-refractivity contribution in [2.24, 2.45) is 4.99 Å². The molecule has 0 saturated carbocycles. The quantitative estimate of drug-likeness (QED) is 0.601. The van der Waals surface area contributed by atoms with E-state index in [1.165, 1.54) is 22.4 Å². The largest absolute Gasteiger partial charge is 0.410 e. The van der Waals surface area contributed by atoms with Crippen LogP contribution in [0, 0.1) is 13.8 Å². The van der Waals surface area contributed by atoms with Crippen LogP contribution in [0.4, 0.5) is 11.4 Å². The number of benzene rings is 2. The predicted octanol–water partition coefficient (Wildman–Crippen LogP) is 5.30. The van der Waals surface area contributed by atoms with Gasteiger partial charge in [-0.25, -0.2) is 0 Å². The Bertz CT molecular complexity index is 640. The van der Waals surface area contributed by atoms with Gasteiger partial charge in [-0.2, -0.15) is 0 Å². The number of rotatable bonds is 4. The molecule has 0 fully saturated rings. The maximum atomic E-state index is 4.60. The van der Waals surface area contributed by atoms with Crippen LogP contribution in [0.25, 0.3) is 0 Å². The minimum absolute atomic E-state index is 0.982. The molecule has 0 unspecified atom stereocenters. The monoisotopic (exact) mass is 296 g/mol. The molecule has 0 amide bonds. The number of aliphatic imine (C=N–C) groups is 1. The predicted molar refractivity (Wildman–Crippen MR) is 96.6 cm³/mol. The second-order valence-corrected chi connectivity index (χ2v) is 11.3. The maximum absolute atomic E-state index is 4.60. The molecule has 21 heavy (non-hydrogen) atoms. The van der Waals surface area contributed by atoms with Crippen LogP contribution in [0.2, 0.25) is 19.6 Å². The van der Waals surface area contributed by atoms with Gasteiger partial charge in [0.15, 0.2) is 0 Å². The summed E-state index contributed by atoms with van der Waals surface area (Å²) in [5, 5.41) is 0. The van der Waals surface area contributed by atoms with Crippen LogP contribution in [0.1, 0.15) is 16.7 Å². The standard InChI is InChI=1S/C18H24N2Si/c1-14-11-15(2)18(20-21(3,4)5)16(12-14)13-19-17-9-7-6-8-10-17/h6-13,20H,1-5H3/b19-13+. The summed E-state index contributed by atoms with van der Waals surface area (Å²) in [6, 6.07) is 14.5. The van der Waals surface area contributed by atoms with Crippen molar-refractivity contribution in [2.45, 2.75) is 33.5 Å². The minimum atomic E-state index is -1.40. The normalized spacial score (nSPS) is 11.9. The highest BCUT2D eigenvalue weighted by Crippen LogP contribution is 2.24. The molecule has 3 heteroatoms. The van der Waals surface area contributed by atoms with E-state index in [2.05, 4.69) is 55.6 Å². The molecule has 110 valence electrons. The van der Waals surface area contributed by atoms with Gasteiger partial charge in [-0.15, -0.1) is 0 Å². The zero-order valence-corrected chi connectivity index (χ0v) is 14.6. The summed E-state index contributed by atoms with van der Waals surface area (Å²) in [6.07, 6.45) is 1.97. The van der Waals surface area contributed by atoms with Gasteiger partial charge in [-0.05, 0) is 37.6 Å². The Morgan fingerprint density at radius 2 is 1.67 bits per heavy atom. The number of anilines is 1. The van der Waals surface area contributed by atoms with Crippen LogP contribution < -0.4 is 4.98 Å². The van der Waals surface area contributed by atoms with Gasteiger partial charge < -0.3 is 4.98 Å². The Hall–Kier alpha value is -1.87. The molecule has 2 aromatic rings. The second-order valence-electron chi connectivity index (χ2n) is 6.51. The SMILES string of the molecule is Cc1cc(C)c(N[Si](C)(C)C)c(/C=N/c2ccccc2)c1. The van der Waals surface area contributed by atoms with Gasteiger partial charge in [-0.1, -0.05) is 49.5 Å². The van der Waals surface area contributed by atoms with E-state index in [0.29, 0.717) is 0 Å². The first-order valence-corrected chi connectivity index (χ1v) is 10.8. The number of nitrogens with one attached hydrogen (secondary N) is 1. The fraction of sp³-hybridized carbons (Fsp3) is 0.278. The van der Waals surface area contributed by atoms with Crippen molar-refractivity contribution >= 4 is 25.8 Å². The first kappa shape index (κ1) is 15.5. The van der Waals surface area contributed by atoms with Gasteiger partial charge in [-0.3, -0.25) is 4.99 Å². The third-order valence-electron chi connectivity index (χ3n) is 3.12. The zero-order chi connectivity index (χ0) is 15.5. The molecule has 0 atom stereocenters. The lowest BCUT2D eigenvalue weighted by molar-refractivity contribution is 1.36. The van der Waals surface area contributed by atoms with Crippen molar-refractivity contribution < 1.29 is 0 Å². The Morgan fingerprint density at radius 1 is 1.00 bits per heavy atom. The fourth-order valence-corrected chi connectivity index (χ4v) is 3.40. The smallest absolute Gasteiger partial charge is 0.144 e. The van der Waals surface area contributed by atoms with Crippen molar-refractivity contribution in [1.29, 1.82) is 0 Å². The van der Waals surface area contributed by atoms with Crippen LogP contribution in [-0.4, -0.2) is 14.5 Å². The summed E-state index contributed by atoms with van der Waals surface area (Å²) in [5.41, 5.74) is 5.92. The summed E-state index contributed by atoms with van der Waals surface area (Å²) in [6.45, 7) is 11.2. The Morgan fingerprint density at radius 3 is 2.29 bits per heavy atom. The van der Waals surface area contributed by atoms with Gasteiger partial charge in [0.2, 0.25) is 0 Å². The second kappa shape index (κ2) is 6.27. The van der Waals surface area contributed by atoms with Crippen LogP contribution in [0.5, 0.6) is 0 Å². The Labute approximate surface area is 129 Å². The highest BCUT2D eigenvalue weighted by atomic mass is 28.3. The summed E-state index contributed by atoms with van der Waals surface area (Å²) in [4.78, 5) is 8.33. The van der Waals surface area contributed by atoms with E-state index in [0.717, 1.165) is 5.69 Å². The molecule has 0 bridgehead atoms. The lowest BCUT2D eigenvalue weighted by atomic mass is 10.1. The number of nitrogens with zero attached hydrogens (tertiary/aromatic N) is 1. The van der Waals surface area contributed by atoms with Crippen molar-refractivity contribution in [2.75, 3.05) is 4.98 Å². The molecule has 2 rings (SSSR count). The summed E-state index contributed by atoms with van der Waals surface area (Å²) in [7, 11) is -1.40. The lowest BCUT2D eigenvalue weighted by Crippen LogP contribution is -2.33. The number of aryl methyl sites for hydroxylation is 2. The van der Waals surface area contributed by atoms with Gasteiger partial charge >= 0.3 is 0 Å². The van der Waals surface area contributed by atoms with Crippen molar-refractivity contribution in [3.8, 4) is 0 Å². The first-order valence-electron chi connectivity index (χ1n) is 7.34. The van der Waals surface area contributed by atoms with Gasteiger partial charge in [0.25, 0.3) is 0 Å². The third kappa shape index (κ3) is 4.57. The Balaban J connectivity index is 2.40. The van der Waals surface area contributed by atoms with E-state index in [9.17, 15) is 0 Å². The Kier molecular flexibility index (Phi) is 4.63. The van der Waals surface area contributed by atoms with Crippen molar-refractivity contribution in [1.82, 2.24) is 0 Å². The van der Waals surface area contributed by atoms with E-state index >= 15 is 0 Å². The molecule has 0 aromatic heterocycles. The average Bonchev–Trinajstić information content (AvgIpc) is 2.40. The van der Waals surface area contributed by atoms with Crippen LogP contribution in [-0.2, 0) is 0 Å². The molecule has 2 nitrogen and oxygen atoms in total. The van der Waals surface area contributed by atoms with E-state index in [4.69, 9.17) is 0 Å². The lowest BCUT2D eigenvalue weighted by Gasteiger charge is -2.23. The molecule has 0 saturated heterocycles. The number of para-hydroxylation sites is 1. The first-order chi connectivity index (χ1) is 9.85. The summed E-state index contributed by atoms with van der Waals surface area (Å²) >= 11 is 0. The van der Waals surface area contributed by atoms with E-state index in [-0.39, 0.29) is 0 Å². The summed E-state index contributed by atoms with van der Waals surface area (Å²) in [5.74, 6) is 0. The molecule has 0 aliphatic carbocycles. The molecular weight excluding hydrogens is 272 g/mol. The highest BCUT2D eigenvalue weighted by Gasteiger charge is 2.16. The van der Waals surface area contributed by atoms with Crippen molar-refractivity contribution in [3.05, 3.63) is 59.2 Å². The molecule has 0 heterocycles. The molecule has 0 spiro atoms. The molecule has 0 aliphatic heterocycles. The molecule has 1 N–H and O–H groups in total. The van der Waals surface area contributed by atoms with Gasteiger partial charge in [0.05, 0.1) is 5.69 Å². The highest BCUT2D eigenvalue weighted by molar-refractivity contribution is 6.79. The van der Waals surface area contributed by atoms with E-state index < -0.39 is 8.24 Å². The van der Waals surface area contributed by atoms with Crippen LogP contribution in [0.3, 0.4) is 0 Å². The number of hydrogen-bond donors (Lipinski definition) is 1. The summed E-state index contributed by atoms with van der Waals surface area (Å²) < 4.78 is 0. The van der Waals surface area contributed by atoms with Crippen LogP contribution in [0.15, 0.2) is 47.5 Å². The fourth-order valence-electron chi connectivity index (χ4n) is 2.31. The number of hydrogen-bond acceptors (Lipinski definition) is 2. The minimum Gasteiger partial charge on any atom is -0.410 e. The molecular formula is C18H24N2Si. The molecule has 2 aromatic carbocycles.